The number of likely N-dealkylation sites (N-methyl/N-ethyl adjacent to an activating group) is 1. The summed E-state index contributed by atoms with van der Waals surface area (Å²) >= 11 is 0. The van der Waals surface area contributed by atoms with Crippen molar-refractivity contribution in [3.63, 3.8) is 0 Å². The average molecular weight is 438 g/mol. The number of methoxy groups -OCH3 is 1. The molecule has 8 nitrogen and oxygen atoms in total. The quantitative estimate of drug-likeness (QED) is 0.481. The molecule has 2 heterocycles. The fourth-order valence-corrected chi connectivity index (χ4v) is 4.71. The second-order valence-corrected chi connectivity index (χ2v) is 8.16. The Kier molecular flexibility index (Phi) is 8.13. The maximum Gasteiger partial charge on any atom is 0.335 e. The standard InChI is InChI=1S/C23H35NO7/c1-6-17(23(26)29-12-10-24(7-2)8-3)31-19-15-9-11-28-20(15)22(27-5)21-18(19)16(25)13-14(4)30-21/h9,11,13,15,17-22H,6-8,10,12H2,1-5H3. The lowest BCUT2D eigenvalue weighted by atomic mass is 9.71. The van der Waals surface area contributed by atoms with Crippen molar-refractivity contribution >= 4 is 11.8 Å². The molecule has 1 aliphatic carbocycles. The number of carbonyl (C=O) groups is 2. The SMILES string of the molecule is CCC(OC1C2C=COC2C(OC)C2OC(C)=CC(=O)C12)C(=O)OCCN(CC)CC. The number of carbonyl (C=O) groups excluding carboxylic acids is 2. The molecule has 0 spiro atoms. The molecule has 31 heavy (non-hydrogen) atoms. The highest BCUT2D eigenvalue weighted by atomic mass is 16.6. The third kappa shape index (κ3) is 4.96. The van der Waals surface area contributed by atoms with Crippen molar-refractivity contribution in [2.24, 2.45) is 11.8 Å². The molecule has 0 N–H and O–H groups in total. The number of fused-ring (bicyclic) bond motifs is 2. The highest BCUT2D eigenvalue weighted by molar-refractivity contribution is 5.94. The van der Waals surface area contributed by atoms with Crippen LogP contribution in [0.2, 0.25) is 0 Å². The summed E-state index contributed by atoms with van der Waals surface area (Å²) in [6, 6.07) is 0. The number of ketones is 1. The van der Waals surface area contributed by atoms with Gasteiger partial charge in [0.25, 0.3) is 0 Å². The molecular weight excluding hydrogens is 402 g/mol. The summed E-state index contributed by atoms with van der Waals surface area (Å²) < 4.78 is 29.2. The van der Waals surface area contributed by atoms with Gasteiger partial charge in [-0.2, -0.15) is 0 Å². The molecule has 7 unspecified atom stereocenters. The van der Waals surface area contributed by atoms with Crippen molar-refractivity contribution in [2.75, 3.05) is 33.4 Å². The molecule has 7 atom stereocenters. The molecule has 8 heteroatoms. The molecular formula is C23H35NO7. The van der Waals surface area contributed by atoms with E-state index in [4.69, 9.17) is 23.7 Å². The van der Waals surface area contributed by atoms with Crippen LogP contribution >= 0.6 is 0 Å². The van der Waals surface area contributed by atoms with Crippen LogP contribution in [0.1, 0.15) is 34.1 Å². The monoisotopic (exact) mass is 437 g/mol. The summed E-state index contributed by atoms with van der Waals surface area (Å²) in [6.07, 6.45) is 2.80. The van der Waals surface area contributed by atoms with Crippen LogP contribution in [0.4, 0.5) is 0 Å². The van der Waals surface area contributed by atoms with Gasteiger partial charge >= 0.3 is 5.97 Å². The van der Waals surface area contributed by atoms with Crippen molar-refractivity contribution in [1.29, 1.82) is 0 Å². The minimum absolute atomic E-state index is 0.0793. The minimum Gasteiger partial charge on any atom is -0.495 e. The second-order valence-electron chi connectivity index (χ2n) is 8.16. The summed E-state index contributed by atoms with van der Waals surface area (Å²) in [5.41, 5.74) is 0. The van der Waals surface area contributed by atoms with E-state index in [-0.39, 0.29) is 17.8 Å². The molecule has 0 radical (unpaired) electrons. The Morgan fingerprint density at radius 2 is 1.94 bits per heavy atom. The van der Waals surface area contributed by atoms with Crippen molar-refractivity contribution in [2.45, 2.75) is 64.6 Å². The third-order valence-electron chi connectivity index (χ3n) is 6.42. The predicted molar refractivity (Wildman–Crippen MR) is 113 cm³/mol. The van der Waals surface area contributed by atoms with Crippen LogP contribution in [0.25, 0.3) is 0 Å². The molecule has 0 amide bonds. The normalized spacial score (nSPS) is 32.6. The van der Waals surface area contributed by atoms with Crippen LogP contribution in [-0.2, 0) is 33.3 Å². The summed E-state index contributed by atoms with van der Waals surface area (Å²) in [5, 5.41) is 0. The number of hydrogen-bond donors (Lipinski definition) is 0. The highest BCUT2D eigenvalue weighted by Crippen LogP contribution is 2.44. The van der Waals surface area contributed by atoms with Crippen molar-refractivity contribution in [1.82, 2.24) is 4.90 Å². The molecule has 0 aromatic rings. The van der Waals surface area contributed by atoms with E-state index in [0.29, 0.717) is 25.3 Å². The maximum atomic E-state index is 13.0. The van der Waals surface area contributed by atoms with E-state index in [0.717, 1.165) is 13.1 Å². The van der Waals surface area contributed by atoms with E-state index in [1.54, 1.807) is 20.3 Å². The van der Waals surface area contributed by atoms with Crippen LogP contribution in [0, 0.1) is 11.8 Å². The summed E-state index contributed by atoms with van der Waals surface area (Å²) in [6.45, 7) is 10.6. The van der Waals surface area contributed by atoms with Gasteiger partial charge in [-0.25, -0.2) is 4.79 Å². The maximum absolute atomic E-state index is 13.0. The lowest BCUT2D eigenvalue weighted by molar-refractivity contribution is -0.210. The Bertz CT molecular complexity index is 702. The summed E-state index contributed by atoms with van der Waals surface area (Å²) in [4.78, 5) is 27.9. The van der Waals surface area contributed by atoms with Gasteiger partial charge in [0.1, 0.15) is 24.9 Å². The van der Waals surface area contributed by atoms with E-state index >= 15 is 0 Å². The van der Waals surface area contributed by atoms with Crippen LogP contribution in [-0.4, -0.2) is 80.5 Å². The van der Waals surface area contributed by atoms with Gasteiger partial charge in [0.15, 0.2) is 11.9 Å². The average Bonchev–Trinajstić information content (AvgIpc) is 3.23. The number of hydrogen-bond acceptors (Lipinski definition) is 8. The Morgan fingerprint density at radius 1 is 1.19 bits per heavy atom. The van der Waals surface area contributed by atoms with Crippen LogP contribution in [0.5, 0.6) is 0 Å². The first-order valence-corrected chi connectivity index (χ1v) is 11.2. The lowest BCUT2D eigenvalue weighted by Crippen LogP contribution is -2.62. The number of ether oxygens (including phenoxy) is 5. The molecule has 0 bridgehead atoms. The molecule has 0 aromatic carbocycles. The van der Waals surface area contributed by atoms with Crippen molar-refractivity contribution in [3.05, 3.63) is 24.2 Å². The van der Waals surface area contributed by atoms with E-state index < -0.39 is 36.3 Å². The second kappa shape index (κ2) is 10.6. The van der Waals surface area contributed by atoms with Gasteiger partial charge in [-0.1, -0.05) is 20.8 Å². The first-order valence-electron chi connectivity index (χ1n) is 11.2. The van der Waals surface area contributed by atoms with E-state index in [2.05, 4.69) is 18.7 Å². The van der Waals surface area contributed by atoms with E-state index in [9.17, 15) is 9.59 Å². The summed E-state index contributed by atoms with van der Waals surface area (Å²) in [5.74, 6) is -0.749. The fourth-order valence-electron chi connectivity index (χ4n) is 4.71. The summed E-state index contributed by atoms with van der Waals surface area (Å²) in [7, 11) is 1.59. The largest absolute Gasteiger partial charge is 0.495 e. The van der Waals surface area contributed by atoms with Gasteiger partial charge < -0.3 is 28.6 Å². The molecule has 3 aliphatic rings. The topological polar surface area (TPSA) is 83.5 Å². The zero-order chi connectivity index (χ0) is 22.5. The van der Waals surface area contributed by atoms with Gasteiger partial charge in [-0.05, 0) is 32.5 Å². The van der Waals surface area contributed by atoms with Crippen LogP contribution in [0.3, 0.4) is 0 Å². The van der Waals surface area contributed by atoms with Gasteiger partial charge in [-0.15, -0.1) is 0 Å². The highest BCUT2D eigenvalue weighted by Gasteiger charge is 2.58. The number of allylic oxidation sites excluding steroid dienone is 2. The van der Waals surface area contributed by atoms with Gasteiger partial charge in [0.2, 0.25) is 0 Å². The predicted octanol–water partition coefficient (Wildman–Crippen LogP) is 2.08. The Balaban J connectivity index is 1.75. The molecule has 3 rings (SSSR count). The number of rotatable bonds is 10. The fraction of sp³-hybridized carbons (Fsp3) is 0.739. The molecule has 0 aromatic heterocycles. The minimum atomic E-state index is -0.768. The van der Waals surface area contributed by atoms with E-state index in [1.165, 1.54) is 6.08 Å². The molecule has 1 fully saturated rings. The molecule has 2 aliphatic heterocycles. The smallest absolute Gasteiger partial charge is 0.335 e. The number of esters is 1. The van der Waals surface area contributed by atoms with Crippen molar-refractivity contribution < 1.29 is 33.3 Å². The third-order valence-corrected chi connectivity index (χ3v) is 6.42. The number of nitrogens with zero attached hydrogens (tertiary/aromatic N) is 1. The molecule has 174 valence electrons. The lowest BCUT2D eigenvalue weighted by Gasteiger charge is -2.48. The van der Waals surface area contributed by atoms with Gasteiger partial charge in [-0.3, -0.25) is 4.79 Å². The van der Waals surface area contributed by atoms with Gasteiger partial charge in [0, 0.05) is 25.6 Å². The zero-order valence-electron chi connectivity index (χ0n) is 19.1. The van der Waals surface area contributed by atoms with Crippen molar-refractivity contribution in [3.8, 4) is 0 Å². The zero-order valence-corrected chi connectivity index (χ0v) is 19.1. The van der Waals surface area contributed by atoms with E-state index in [1.807, 2.05) is 13.0 Å². The first kappa shape index (κ1) is 23.8. The first-order chi connectivity index (χ1) is 14.9. The van der Waals surface area contributed by atoms with Gasteiger partial charge in [0.05, 0.1) is 24.0 Å². The molecule has 0 saturated heterocycles. The molecule has 1 saturated carbocycles. The van der Waals surface area contributed by atoms with Crippen LogP contribution < -0.4 is 0 Å². The Hall–Kier alpha value is -1.90. The Labute approximate surface area is 184 Å². The Morgan fingerprint density at radius 3 is 2.58 bits per heavy atom. The van der Waals surface area contributed by atoms with Crippen LogP contribution in [0.15, 0.2) is 24.2 Å².